The third-order valence-corrected chi connectivity index (χ3v) is 7.78. The predicted octanol–water partition coefficient (Wildman–Crippen LogP) is 3.08. The molecule has 0 radical (unpaired) electrons. The highest BCUT2D eigenvalue weighted by molar-refractivity contribution is 7.91. The third-order valence-electron chi connectivity index (χ3n) is 3.46. The van der Waals surface area contributed by atoms with Crippen LogP contribution in [0.1, 0.15) is 28.6 Å². The largest absolute Gasteiger partial charge is 0.252 e. The van der Waals surface area contributed by atoms with E-state index in [2.05, 4.69) is 4.98 Å². The van der Waals surface area contributed by atoms with Crippen LogP contribution in [0, 0.1) is 6.92 Å². The van der Waals surface area contributed by atoms with Gasteiger partial charge in [-0.15, -0.1) is 22.7 Å². The summed E-state index contributed by atoms with van der Waals surface area (Å²) in [6.07, 6.45) is 3.78. The predicted molar refractivity (Wildman–Crippen MR) is 81.9 cm³/mol. The minimum absolute atomic E-state index is 0.234. The zero-order valence-corrected chi connectivity index (χ0v) is 13.6. The Labute approximate surface area is 127 Å². The molecule has 7 heteroatoms. The van der Waals surface area contributed by atoms with E-state index >= 15 is 0 Å². The highest BCUT2D eigenvalue weighted by Gasteiger charge is 2.32. The van der Waals surface area contributed by atoms with E-state index < -0.39 is 10.0 Å². The van der Waals surface area contributed by atoms with Crippen molar-refractivity contribution in [2.24, 2.45) is 0 Å². The van der Waals surface area contributed by atoms with Crippen LogP contribution in [0.4, 0.5) is 0 Å². The number of nitrogens with zero attached hydrogens (tertiary/aromatic N) is 2. The maximum absolute atomic E-state index is 12.5. The number of thiazole rings is 1. The average Bonchev–Trinajstić information content (AvgIpc) is 3.10. The standard InChI is InChI=1S/C13H16N2O2S3/c1-10-8-14-13(19-10)11-4-2-6-15(9-11)20(16,17)12-5-3-7-18-12/h3,5,7-8,11H,2,4,6,9H2,1H3/t11-/m1/s1. The van der Waals surface area contributed by atoms with Crippen molar-refractivity contribution in [2.45, 2.75) is 29.9 Å². The third kappa shape index (κ3) is 2.67. The maximum atomic E-state index is 12.5. The molecule has 3 rings (SSSR count). The molecule has 4 nitrogen and oxygen atoms in total. The number of sulfonamides is 1. The van der Waals surface area contributed by atoms with Gasteiger partial charge < -0.3 is 0 Å². The summed E-state index contributed by atoms with van der Waals surface area (Å²) < 4.78 is 27.2. The van der Waals surface area contributed by atoms with E-state index in [1.54, 1.807) is 33.2 Å². The molecule has 1 atom stereocenters. The van der Waals surface area contributed by atoms with Gasteiger partial charge in [-0.1, -0.05) is 6.07 Å². The maximum Gasteiger partial charge on any atom is 0.252 e. The molecule has 1 fully saturated rings. The molecule has 2 aromatic rings. The molecule has 3 heterocycles. The summed E-state index contributed by atoms with van der Waals surface area (Å²) in [6, 6.07) is 3.46. The Morgan fingerprint density at radius 1 is 1.45 bits per heavy atom. The van der Waals surface area contributed by atoms with Crippen LogP contribution < -0.4 is 0 Å². The lowest BCUT2D eigenvalue weighted by Gasteiger charge is -2.30. The Morgan fingerprint density at radius 3 is 2.95 bits per heavy atom. The molecular formula is C13H16N2O2S3. The first-order valence-electron chi connectivity index (χ1n) is 6.53. The topological polar surface area (TPSA) is 50.3 Å². The molecule has 2 aromatic heterocycles. The van der Waals surface area contributed by atoms with Crippen molar-refractivity contribution in [2.75, 3.05) is 13.1 Å². The zero-order chi connectivity index (χ0) is 14.2. The molecule has 0 amide bonds. The van der Waals surface area contributed by atoms with Crippen molar-refractivity contribution in [3.8, 4) is 0 Å². The van der Waals surface area contributed by atoms with Crippen LogP contribution in [0.5, 0.6) is 0 Å². The van der Waals surface area contributed by atoms with Crippen LogP contribution in [0.15, 0.2) is 27.9 Å². The Hall–Kier alpha value is -0.760. The van der Waals surface area contributed by atoms with Gasteiger partial charge in [0.2, 0.25) is 0 Å². The molecule has 1 aliphatic heterocycles. The quantitative estimate of drug-likeness (QED) is 0.870. The lowest BCUT2D eigenvalue weighted by molar-refractivity contribution is 0.316. The Kier molecular flexibility index (Phi) is 3.94. The molecule has 0 spiro atoms. The van der Waals surface area contributed by atoms with Gasteiger partial charge >= 0.3 is 0 Å². The van der Waals surface area contributed by atoms with Crippen LogP contribution in [0.3, 0.4) is 0 Å². The fraction of sp³-hybridized carbons (Fsp3) is 0.462. The van der Waals surface area contributed by atoms with E-state index in [1.807, 2.05) is 13.1 Å². The molecule has 0 unspecified atom stereocenters. The summed E-state index contributed by atoms with van der Waals surface area (Å²) in [6.45, 7) is 3.19. The van der Waals surface area contributed by atoms with Gasteiger partial charge in [-0.05, 0) is 31.2 Å². The minimum atomic E-state index is -3.32. The summed E-state index contributed by atoms with van der Waals surface area (Å²) in [5.74, 6) is 0.234. The van der Waals surface area contributed by atoms with E-state index in [1.165, 1.54) is 16.2 Å². The molecule has 0 saturated carbocycles. The van der Waals surface area contributed by atoms with Gasteiger partial charge in [0.25, 0.3) is 10.0 Å². The summed E-state index contributed by atoms with van der Waals surface area (Å²) in [5, 5.41) is 2.87. The first-order valence-corrected chi connectivity index (χ1v) is 9.67. The van der Waals surface area contributed by atoms with Crippen LogP contribution in [0.2, 0.25) is 0 Å². The molecule has 0 aliphatic carbocycles. The van der Waals surface area contributed by atoms with E-state index in [4.69, 9.17) is 0 Å². The van der Waals surface area contributed by atoms with Crippen molar-refractivity contribution >= 4 is 32.7 Å². The molecule has 1 saturated heterocycles. The number of hydrogen-bond donors (Lipinski definition) is 0. The van der Waals surface area contributed by atoms with Gasteiger partial charge in [-0.2, -0.15) is 4.31 Å². The van der Waals surface area contributed by atoms with Crippen molar-refractivity contribution in [3.05, 3.63) is 33.6 Å². The van der Waals surface area contributed by atoms with E-state index in [0.717, 1.165) is 17.8 Å². The van der Waals surface area contributed by atoms with E-state index in [9.17, 15) is 8.42 Å². The van der Waals surface area contributed by atoms with Gasteiger partial charge in [-0.3, -0.25) is 0 Å². The molecule has 0 N–H and O–H groups in total. The van der Waals surface area contributed by atoms with E-state index in [-0.39, 0.29) is 5.92 Å². The Morgan fingerprint density at radius 2 is 2.30 bits per heavy atom. The SMILES string of the molecule is Cc1cnc([C@@H]2CCCN(S(=O)(=O)c3cccs3)C2)s1. The minimum Gasteiger partial charge on any atom is -0.249 e. The molecule has 1 aliphatic rings. The molecule has 0 bridgehead atoms. The smallest absolute Gasteiger partial charge is 0.249 e. The molecule has 0 aromatic carbocycles. The van der Waals surface area contributed by atoms with Crippen molar-refractivity contribution in [1.82, 2.24) is 9.29 Å². The van der Waals surface area contributed by atoms with Gasteiger partial charge in [0.1, 0.15) is 4.21 Å². The first kappa shape index (κ1) is 14.2. The van der Waals surface area contributed by atoms with Crippen molar-refractivity contribution in [1.29, 1.82) is 0 Å². The molecule has 20 heavy (non-hydrogen) atoms. The zero-order valence-electron chi connectivity index (χ0n) is 11.2. The fourth-order valence-electron chi connectivity index (χ4n) is 2.46. The lowest BCUT2D eigenvalue weighted by Crippen LogP contribution is -2.38. The number of aromatic nitrogens is 1. The van der Waals surface area contributed by atoms with Crippen LogP contribution >= 0.6 is 22.7 Å². The van der Waals surface area contributed by atoms with Crippen molar-refractivity contribution < 1.29 is 8.42 Å². The second kappa shape index (κ2) is 5.55. The Bertz CT molecular complexity index is 676. The highest BCUT2D eigenvalue weighted by Crippen LogP contribution is 2.33. The molecular weight excluding hydrogens is 312 g/mol. The van der Waals surface area contributed by atoms with Gasteiger partial charge in [-0.25, -0.2) is 13.4 Å². The van der Waals surface area contributed by atoms with E-state index in [0.29, 0.717) is 17.3 Å². The average molecular weight is 328 g/mol. The summed E-state index contributed by atoms with van der Waals surface area (Å²) >= 11 is 2.96. The van der Waals surface area contributed by atoms with Gasteiger partial charge in [0.05, 0.1) is 5.01 Å². The van der Waals surface area contributed by atoms with Crippen LogP contribution in [-0.4, -0.2) is 30.8 Å². The summed E-state index contributed by atoms with van der Waals surface area (Å²) in [4.78, 5) is 5.60. The Balaban J connectivity index is 1.82. The lowest BCUT2D eigenvalue weighted by atomic mass is 10.0. The first-order chi connectivity index (χ1) is 9.57. The normalized spacial score (nSPS) is 21.1. The number of hydrogen-bond acceptors (Lipinski definition) is 5. The number of rotatable bonds is 3. The fourth-order valence-corrected chi connectivity index (χ4v) is 6.03. The van der Waals surface area contributed by atoms with Gasteiger partial charge in [0.15, 0.2) is 0 Å². The second-order valence-electron chi connectivity index (χ2n) is 4.94. The monoisotopic (exact) mass is 328 g/mol. The molecule has 108 valence electrons. The second-order valence-corrected chi connectivity index (χ2v) is 9.32. The highest BCUT2D eigenvalue weighted by atomic mass is 32.2. The van der Waals surface area contributed by atoms with Crippen LogP contribution in [-0.2, 0) is 10.0 Å². The number of piperidine rings is 1. The van der Waals surface area contributed by atoms with Crippen LogP contribution in [0.25, 0.3) is 0 Å². The van der Waals surface area contributed by atoms with Crippen molar-refractivity contribution in [3.63, 3.8) is 0 Å². The number of thiophene rings is 1. The summed E-state index contributed by atoms with van der Waals surface area (Å²) in [5.41, 5.74) is 0. The summed E-state index contributed by atoms with van der Waals surface area (Å²) in [7, 11) is -3.32. The number of aryl methyl sites for hydroxylation is 1. The van der Waals surface area contributed by atoms with Gasteiger partial charge in [0, 0.05) is 30.1 Å².